The highest BCUT2D eigenvalue weighted by molar-refractivity contribution is 7.92. The molecule has 2 aromatic heterocycles. The fraction of sp³-hybridized carbons (Fsp3) is 0.565. The van der Waals surface area contributed by atoms with Crippen LogP contribution in [0, 0.1) is 0 Å². The number of nitrogens with one attached hydrogen (secondary N) is 2. The number of rotatable bonds is 6. The molecule has 0 aliphatic carbocycles. The third kappa shape index (κ3) is 7.10. The molecule has 1 atom stereocenters. The van der Waals surface area contributed by atoms with E-state index < -0.39 is 9.73 Å². The van der Waals surface area contributed by atoms with Crippen molar-refractivity contribution in [3.05, 3.63) is 23.9 Å². The van der Waals surface area contributed by atoms with Gasteiger partial charge in [0.05, 0.1) is 19.3 Å². The standard InChI is InChI=1S/C23H35N7O3S/c1-8-24-22(31)17-11-16(12-18(25-17)28-23(3,4)5)21-26-19(29-34(6,7)32)13-20(27-21)30-9-10-33-14-15(30)2/h11-13,15H,8-10,14H2,1-7H3,(H,24,31)(H,25,28). The van der Waals surface area contributed by atoms with Crippen molar-refractivity contribution in [1.82, 2.24) is 20.3 Å². The Morgan fingerprint density at radius 2 is 1.97 bits per heavy atom. The molecule has 0 radical (unpaired) electrons. The van der Waals surface area contributed by atoms with E-state index in [1.54, 1.807) is 24.6 Å². The molecule has 1 saturated heterocycles. The molecule has 2 aromatic rings. The Hall–Kier alpha value is -2.79. The predicted molar refractivity (Wildman–Crippen MR) is 136 cm³/mol. The molecule has 1 aliphatic rings. The Morgan fingerprint density at radius 1 is 1.24 bits per heavy atom. The van der Waals surface area contributed by atoms with Crippen LogP contribution in [0.2, 0.25) is 0 Å². The molecule has 34 heavy (non-hydrogen) atoms. The van der Waals surface area contributed by atoms with E-state index in [4.69, 9.17) is 9.72 Å². The number of hydrogen-bond donors (Lipinski definition) is 2. The van der Waals surface area contributed by atoms with Crippen LogP contribution in [0.5, 0.6) is 0 Å². The van der Waals surface area contributed by atoms with Crippen molar-refractivity contribution in [2.75, 3.05) is 49.0 Å². The van der Waals surface area contributed by atoms with Crippen LogP contribution < -0.4 is 15.5 Å². The molecular formula is C23H35N7O3S. The van der Waals surface area contributed by atoms with Crippen LogP contribution in [-0.4, -0.2) is 75.5 Å². The van der Waals surface area contributed by atoms with Gasteiger partial charge in [-0.15, -0.1) is 0 Å². The van der Waals surface area contributed by atoms with Crippen molar-refractivity contribution < 1.29 is 13.7 Å². The molecule has 1 unspecified atom stereocenters. The monoisotopic (exact) mass is 489 g/mol. The summed E-state index contributed by atoms with van der Waals surface area (Å²) in [6, 6.07) is 5.34. The lowest BCUT2D eigenvalue weighted by molar-refractivity contribution is 0.0951. The highest BCUT2D eigenvalue weighted by Crippen LogP contribution is 2.29. The highest BCUT2D eigenvalue weighted by Gasteiger charge is 2.23. The second-order valence-corrected chi connectivity index (χ2v) is 12.2. The van der Waals surface area contributed by atoms with E-state index in [1.807, 2.05) is 33.8 Å². The Morgan fingerprint density at radius 3 is 2.59 bits per heavy atom. The molecule has 3 heterocycles. The van der Waals surface area contributed by atoms with E-state index in [2.05, 4.69) is 36.8 Å². The molecule has 3 rings (SSSR count). The third-order valence-corrected chi connectivity index (χ3v) is 5.46. The number of aromatic nitrogens is 3. The van der Waals surface area contributed by atoms with Gasteiger partial charge in [-0.2, -0.15) is 4.36 Å². The van der Waals surface area contributed by atoms with Gasteiger partial charge in [-0.1, -0.05) is 0 Å². The molecule has 0 aromatic carbocycles. The van der Waals surface area contributed by atoms with E-state index >= 15 is 0 Å². The molecular weight excluding hydrogens is 454 g/mol. The van der Waals surface area contributed by atoms with Gasteiger partial charge in [-0.25, -0.2) is 19.2 Å². The number of pyridine rings is 1. The van der Waals surface area contributed by atoms with Crippen LogP contribution in [0.4, 0.5) is 17.5 Å². The summed E-state index contributed by atoms with van der Waals surface area (Å²) in [5, 5.41) is 6.12. The second-order valence-electron chi connectivity index (χ2n) is 9.66. The number of carbonyl (C=O) groups excluding carboxylic acids is 1. The van der Waals surface area contributed by atoms with Crippen LogP contribution in [0.3, 0.4) is 0 Å². The van der Waals surface area contributed by atoms with E-state index in [1.165, 1.54) is 0 Å². The fourth-order valence-electron chi connectivity index (χ4n) is 3.51. The number of hydrogen-bond acceptors (Lipinski definition) is 9. The molecule has 0 saturated carbocycles. The minimum atomic E-state index is -2.45. The molecule has 0 spiro atoms. The lowest BCUT2D eigenvalue weighted by Gasteiger charge is -2.34. The summed E-state index contributed by atoms with van der Waals surface area (Å²) in [5.74, 6) is 1.63. The summed E-state index contributed by atoms with van der Waals surface area (Å²) in [6.45, 7) is 12.3. The summed E-state index contributed by atoms with van der Waals surface area (Å²) in [5.41, 5.74) is 0.598. The van der Waals surface area contributed by atoms with E-state index in [0.717, 1.165) is 0 Å². The zero-order valence-corrected chi connectivity index (χ0v) is 21.8. The van der Waals surface area contributed by atoms with E-state index in [9.17, 15) is 9.00 Å². The van der Waals surface area contributed by atoms with Crippen LogP contribution in [0.15, 0.2) is 22.6 Å². The van der Waals surface area contributed by atoms with E-state index in [-0.39, 0.29) is 23.2 Å². The van der Waals surface area contributed by atoms with Crippen molar-refractivity contribution in [2.45, 2.75) is 46.2 Å². The van der Waals surface area contributed by atoms with Crippen LogP contribution in [0.1, 0.15) is 45.1 Å². The molecule has 1 aliphatic heterocycles. The maximum atomic E-state index is 12.6. The normalized spacial score (nSPS) is 16.8. The average molecular weight is 490 g/mol. The van der Waals surface area contributed by atoms with Gasteiger partial charge in [0.25, 0.3) is 5.91 Å². The lowest BCUT2D eigenvalue weighted by Crippen LogP contribution is -2.44. The zero-order chi connectivity index (χ0) is 25.1. The van der Waals surface area contributed by atoms with Gasteiger partial charge >= 0.3 is 0 Å². The first kappa shape index (κ1) is 25.8. The van der Waals surface area contributed by atoms with E-state index in [0.29, 0.717) is 55.1 Å². The van der Waals surface area contributed by atoms with Crippen molar-refractivity contribution in [1.29, 1.82) is 0 Å². The maximum absolute atomic E-state index is 12.6. The van der Waals surface area contributed by atoms with Crippen molar-refractivity contribution in [3.8, 4) is 11.4 Å². The summed E-state index contributed by atoms with van der Waals surface area (Å²) >= 11 is 0. The fourth-order valence-corrected chi connectivity index (χ4v) is 4.06. The summed E-state index contributed by atoms with van der Waals surface area (Å²) in [6.07, 6.45) is 3.13. The minimum Gasteiger partial charge on any atom is -0.377 e. The average Bonchev–Trinajstić information content (AvgIpc) is 2.71. The third-order valence-electron chi connectivity index (χ3n) is 4.83. The van der Waals surface area contributed by atoms with Gasteiger partial charge in [-0.05, 0) is 46.8 Å². The van der Waals surface area contributed by atoms with Gasteiger partial charge in [0, 0.05) is 52.5 Å². The van der Waals surface area contributed by atoms with Gasteiger partial charge < -0.3 is 20.3 Å². The number of anilines is 2. The predicted octanol–water partition coefficient (Wildman–Crippen LogP) is 3.08. The van der Waals surface area contributed by atoms with Gasteiger partial charge in [-0.3, -0.25) is 4.79 Å². The molecule has 1 fully saturated rings. The van der Waals surface area contributed by atoms with Crippen molar-refractivity contribution >= 4 is 33.1 Å². The minimum absolute atomic E-state index is 0.110. The molecule has 0 bridgehead atoms. The second kappa shape index (κ2) is 10.2. The van der Waals surface area contributed by atoms with Crippen LogP contribution in [0.25, 0.3) is 11.4 Å². The topological polar surface area (TPSA) is 122 Å². The largest absolute Gasteiger partial charge is 0.377 e. The zero-order valence-electron chi connectivity index (χ0n) is 21.0. The lowest BCUT2D eigenvalue weighted by atomic mass is 10.1. The Bertz CT molecular complexity index is 1160. The molecule has 11 heteroatoms. The SMILES string of the molecule is CCNC(=O)c1cc(-c2nc(N=S(C)(C)=O)cc(N3CCOCC3C)n2)cc(NC(C)(C)C)n1. The number of ether oxygens (including phenoxy) is 1. The number of amides is 1. The molecule has 10 nitrogen and oxygen atoms in total. The van der Waals surface area contributed by atoms with Crippen LogP contribution in [-0.2, 0) is 14.5 Å². The quantitative estimate of drug-likeness (QED) is 0.635. The first-order valence-corrected chi connectivity index (χ1v) is 13.7. The highest BCUT2D eigenvalue weighted by atomic mass is 32.2. The maximum Gasteiger partial charge on any atom is 0.269 e. The number of nitrogens with zero attached hydrogens (tertiary/aromatic N) is 5. The molecule has 1 amide bonds. The first-order chi connectivity index (χ1) is 15.8. The van der Waals surface area contributed by atoms with Gasteiger partial charge in [0.15, 0.2) is 11.6 Å². The number of carbonyl (C=O) groups is 1. The smallest absolute Gasteiger partial charge is 0.269 e. The first-order valence-electron chi connectivity index (χ1n) is 11.3. The number of morpholine rings is 1. The van der Waals surface area contributed by atoms with Crippen molar-refractivity contribution in [3.63, 3.8) is 0 Å². The van der Waals surface area contributed by atoms with Crippen molar-refractivity contribution in [2.24, 2.45) is 4.36 Å². The molecule has 2 N–H and O–H groups in total. The summed E-state index contributed by atoms with van der Waals surface area (Å²) < 4.78 is 22.4. The Kier molecular flexibility index (Phi) is 7.77. The van der Waals surface area contributed by atoms with Gasteiger partial charge in [0.1, 0.15) is 17.3 Å². The summed E-state index contributed by atoms with van der Waals surface area (Å²) in [4.78, 5) is 28.7. The van der Waals surface area contributed by atoms with Gasteiger partial charge in [0.2, 0.25) is 0 Å². The molecule has 186 valence electrons. The van der Waals surface area contributed by atoms with Crippen LogP contribution >= 0.6 is 0 Å². The summed E-state index contributed by atoms with van der Waals surface area (Å²) in [7, 11) is -2.45. The Balaban J connectivity index is 2.19. The Labute approximate surface area is 202 Å².